The molecule has 0 saturated heterocycles. The Morgan fingerprint density at radius 1 is 1.04 bits per heavy atom. The average molecular weight is 351 g/mol. The van der Waals surface area contributed by atoms with E-state index in [2.05, 4.69) is 15.2 Å². The molecule has 0 aliphatic carbocycles. The van der Waals surface area contributed by atoms with Gasteiger partial charge in [0.05, 0.1) is 0 Å². The lowest BCUT2D eigenvalue weighted by atomic mass is 10.2. The Bertz CT molecular complexity index is 929. The zero-order valence-electron chi connectivity index (χ0n) is 15.1. The summed E-state index contributed by atoms with van der Waals surface area (Å²) in [6.45, 7) is 6.35. The van der Waals surface area contributed by atoms with Gasteiger partial charge in [0.15, 0.2) is 0 Å². The first-order valence-corrected chi connectivity index (χ1v) is 8.50. The molecule has 3 aromatic rings. The molecular formula is C21H22FN3O. The molecule has 0 spiro atoms. The summed E-state index contributed by atoms with van der Waals surface area (Å²) >= 11 is 0. The largest absolute Gasteiger partial charge is 0.334 e. The molecule has 0 unspecified atom stereocenters. The molecule has 1 heterocycles. The molecule has 0 saturated carbocycles. The first-order valence-electron chi connectivity index (χ1n) is 8.50. The van der Waals surface area contributed by atoms with Gasteiger partial charge in [0, 0.05) is 29.3 Å². The maximum absolute atomic E-state index is 13.2. The molecular weight excluding hydrogens is 329 g/mol. The second-order valence-electron chi connectivity index (χ2n) is 6.33. The Morgan fingerprint density at radius 3 is 2.42 bits per heavy atom. The second kappa shape index (κ2) is 7.44. The van der Waals surface area contributed by atoms with Gasteiger partial charge in [0.2, 0.25) is 0 Å². The van der Waals surface area contributed by atoms with Crippen LogP contribution in [0.2, 0.25) is 0 Å². The SMILES string of the molecule is Cc1ccccc1NC(=O)NCc1cc(C)n(-c2ccc(F)cc2)c1C. The number of amides is 2. The topological polar surface area (TPSA) is 46.1 Å². The van der Waals surface area contributed by atoms with Gasteiger partial charge in [0.25, 0.3) is 0 Å². The summed E-state index contributed by atoms with van der Waals surface area (Å²) in [4.78, 5) is 12.2. The number of halogens is 1. The first-order chi connectivity index (χ1) is 12.5. The van der Waals surface area contributed by atoms with Crippen LogP contribution in [0.5, 0.6) is 0 Å². The van der Waals surface area contributed by atoms with E-state index in [1.54, 1.807) is 12.1 Å². The maximum atomic E-state index is 13.2. The first kappa shape index (κ1) is 17.7. The van der Waals surface area contributed by atoms with Crippen molar-refractivity contribution in [1.82, 2.24) is 9.88 Å². The molecule has 134 valence electrons. The van der Waals surface area contributed by atoms with Gasteiger partial charge < -0.3 is 15.2 Å². The number of carbonyl (C=O) groups is 1. The number of aryl methyl sites for hydroxylation is 2. The number of hydrogen-bond acceptors (Lipinski definition) is 1. The average Bonchev–Trinajstić information content (AvgIpc) is 2.90. The summed E-state index contributed by atoms with van der Waals surface area (Å²) in [5, 5.41) is 5.75. The summed E-state index contributed by atoms with van der Waals surface area (Å²) in [7, 11) is 0. The Hall–Kier alpha value is -3.08. The zero-order valence-corrected chi connectivity index (χ0v) is 15.1. The fourth-order valence-electron chi connectivity index (χ4n) is 3.05. The number of carbonyl (C=O) groups excluding carboxylic acids is 1. The van der Waals surface area contributed by atoms with Crippen LogP contribution in [-0.2, 0) is 6.54 Å². The fraction of sp³-hybridized carbons (Fsp3) is 0.190. The monoisotopic (exact) mass is 351 g/mol. The highest BCUT2D eigenvalue weighted by Crippen LogP contribution is 2.21. The number of para-hydroxylation sites is 1. The molecule has 5 heteroatoms. The molecule has 4 nitrogen and oxygen atoms in total. The van der Waals surface area contributed by atoms with Crippen molar-refractivity contribution >= 4 is 11.7 Å². The third-order valence-electron chi connectivity index (χ3n) is 4.45. The van der Waals surface area contributed by atoms with Crippen molar-refractivity contribution in [3.05, 3.63) is 82.9 Å². The standard InChI is InChI=1S/C21H22FN3O/c1-14-6-4-5-7-20(14)24-21(26)23-13-17-12-15(2)25(16(17)3)19-10-8-18(22)9-11-19/h4-12H,13H2,1-3H3,(H2,23,24,26). The van der Waals surface area contributed by atoms with Gasteiger partial charge >= 0.3 is 6.03 Å². The van der Waals surface area contributed by atoms with Gasteiger partial charge in [-0.25, -0.2) is 9.18 Å². The van der Waals surface area contributed by atoms with E-state index in [4.69, 9.17) is 0 Å². The van der Waals surface area contributed by atoms with Crippen molar-refractivity contribution < 1.29 is 9.18 Å². The Kier molecular flexibility index (Phi) is 5.07. The minimum atomic E-state index is -0.258. The van der Waals surface area contributed by atoms with Crippen molar-refractivity contribution in [1.29, 1.82) is 0 Å². The summed E-state index contributed by atoms with van der Waals surface area (Å²) in [6, 6.07) is 15.8. The number of nitrogens with one attached hydrogen (secondary N) is 2. The number of nitrogens with zero attached hydrogens (tertiary/aromatic N) is 1. The smallest absolute Gasteiger partial charge is 0.319 e. The van der Waals surface area contributed by atoms with Gasteiger partial charge in [-0.15, -0.1) is 0 Å². The lowest BCUT2D eigenvalue weighted by Gasteiger charge is -2.11. The number of rotatable bonds is 4. The highest BCUT2D eigenvalue weighted by molar-refractivity contribution is 5.90. The molecule has 0 atom stereocenters. The summed E-state index contributed by atoms with van der Waals surface area (Å²) in [6.07, 6.45) is 0. The van der Waals surface area contributed by atoms with E-state index in [0.717, 1.165) is 33.9 Å². The van der Waals surface area contributed by atoms with Gasteiger partial charge in [-0.3, -0.25) is 0 Å². The van der Waals surface area contributed by atoms with Crippen LogP contribution < -0.4 is 10.6 Å². The van der Waals surface area contributed by atoms with Gasteiger partial charge in [-0.05, 0) is 68.3 Å². The van der Waals surface area contributed by atoms with Crippen LogP contribution in [0.15, 0.2) is 54.6 Å². The molecule has 1 aromatic heterocycles. The van der Waals surface area contributed by atoms with Crippen molar-refractivity contribution in [3.63, 3.8) is 0 Å². The summed E-state index contributed by atoms with van der Waals surface area (Å²) < 4.78 is 15.2. The third kappa shape index (κ3) is 3.77. The van der Waals surface area contributed by atoms with E-state index in [0.29, 0.717) is 6.54 Å². The minimum Gasteiger partial charge on any atom is -0.334 e. The summed E-state index contributed by atoms with van der Waals surface area (Å²) in [5.74, 6) is -0.258. The zero-order chi connectivity index (χ0) is 18.7. The number of aromatic nitrogens is 1. The van der Waals surface area contributed by atoms with Crippen LogP contribution in [-0.4, -0.2) is 10.6 Å². The van der Waals surface area contributed by atoms with Gasteiger partial charge in [-0.2, -0.15) is 0 Å². The molecule has 2 N–H and O–H groups in total. The van der Waals surface area contributed by atoms with Crippen LogP contribution in [0.4, 0.5) is 14.9 Å². The molecule has 2 aromatic carbocycles. The van der Waals surface area contributed by atoms with Crippen molar-refractivity contribution in [2.45, 2.75) is 27.3 Å². The van der Waals surface area contributed by atoms with Crippen molar-refractivity contribution in [3.8, 4) is 5.69 Å². The minimum absolute atomic E-state index is 0.245. The Balaban J connectivity index is 1.71. The molecule has 0 fully saturated rings. The van der Waals surface area contributed by atoms with Gasteiger partial charge in [0.1, 0.15) is 5.82 Å². The van der Waals surface area contributed by atoms with E-state index in [-0.39, 0.29) is 11.8 Å². The van der Waals surface area contributed by atoms with E-state index in [1.807, 2.05) is 51.1 Å². The molecule has 0 radical (unpaired) electrons. The van der Waals surface area contributed by atoms with Crippen molar-refractivity contribution in [2.24, 2.45) is 0 Å². The third-order valence-corrected chi connectivity index (χ3v) is 4.45. The van der Waals surface area contributed by atoms with Crippen LogP contribution >= 0.6 is 0 Å². The van der Waals surface area contributed by atoms with Crippen LogP contribution in [0.1, 0.15) is 22.5 Å². The van der Waals surface area contributed by atoms with Crippen LogP contribution in [0, 0.1) is 26.6 Å². The molecule has 26 heavy (non-hydrogen) atoms. The predicted molar refractivity (Wildman–Crippen MR) is 102 cm³/mol. The van der Waals surface area contributed by atoms with E-state index in [9.17, 15) is 9.18 Å². The number of hydrogen-bond donors (Lipinski definition) is 2. The Morgan fingerprint density at radius 2 is 1.73 bits per heavy atom. The Labute approximate surface area is 152 Å². The highest BCUT2D eigenvalue weighted by atomic mass is 19.1. The van der Waals surface area contributed by atoms with Crippen LogP contribution in [0.3, 0.4) is 0 Å². The summed E-state index contributed by atoms with van der Waals surface area (Å²) in [5.41, 5.74) is 5.78. The van der Waals surface area contributed by atoms with Gasteiger partial charge in [-0.1, -0.05) is 18.2 Å². The second-order valence-corrected chi connectivity index (χ2v) is 6.33. The molecule has 2 amide bonds. The quantitative estimate of drug-likeness (QED) is 0.692. The number of urea groups is 1. The van der Waals surface area contributed by atoms with E-state index >= 15 is 0 Å². The molecule has 0 aliphatic heterocycles. The molecule has 0 bridgehead atoms. The predicted octanol–water partition coefficient (Wildman–Crippen LogP) is 4.86. The molecule has 0 aliphatic rings. The normalized spacial score (nSPS) is 10.6. The highest BCUT2D eigenvalue weighted by Gasteiger charge is 2.12. The maximum Gasteiger partial charge on any atom is 0.319 e. The number of benzene rings is 2. The van der Waals surface area contributed by atoms with E-state index in [1.165, 1.54) is 12.1 Å². The van der Waals surface area contributed by atoms with Crippen molar-refractivity contribution in [2.75, 3.05) is 5.32 Å². The lowest BCUT2D eigenvalue weighted by Crippen LogP contribution is -2.28. The molecule has 3 rings (SSSR count). The van der Waals surface area contributed by atoms with Crippen LogP contribution in [0.25, 0.3) is 5.69 Å². The number of anilines is 1. The lowest BCUT2D eigenvalue weighted by molar-refractivity contribution is 0.251. The fourth-order valence-corrected chi connectivity index (χ4v) is 3.05. The van der Waals surface area contributed by atoms with E-state index < -0.39 is 0 Å².